The summed E-state index contributed by atoms with van der Waals surface area (Å²) < 4.78 is 4.94. The van der Waals surface area contributed by atoms with E-state index >= 15 is 0 Å². The highest BCUT2D eigenvalue weighted by Crippen LogP contribution is 2.51. The Morgan fingerprint density at radius 2 is 2.04 bits per heavy atom. The van der Waals surface area contributed by atoms with Crippen LogP contribution in [0.1, 0.15) is 13.8 Å². The van der Waals surface area contributed by atoms with E-state index < -0.39 is 16.8 Å². The summed E-state index contributed by atoms with van der Waals surface area (Å²) in [5, 5.41) is 12.1. The SMILES string of the molecule is CC1(C)SC2C(NC(=O)COc3ccccc3)C(=S)N2C1C(=O)O. The second kappa shape index (κ2) is 6.25. The molecular weight excluding hydrogens is 348 g/mol. The second-order valence-corrected chi connectivity index (χ2v) is 8.43. The fraction of sp³-hybridized carbons (Fsp3) is 0.438. The number of carbonyl (C=O) groups excluding carboxylic acids is 1. The maximum atomic E-state index is 12.1. The molecule has 1 aromatic rings. The number of benzene rings is 1. The van der Waals surface area contributed by atoms with Gasteiger partial charge in [0.05, 0.1) is 0 Å². The molecule has 0 bridgehead atoms. The van der Waals surface area contributed by atoms with Gasteiger partial charge in [-0.25, -0.2) is 4.79 Å². The van der Waals surface area contributed by atoms with Gasteiger partial charge in [0.1, 0.15) is 28.2 Å². The number of amides is 1. The van der Waals surface area contributed by atoms with E-state index in [-0.39, 0.29) is 23.9 Å². The number of thioether (sulfide) groups is 1. The summed E-state index contributed by atoms with van der Waals surface area (Å²) in [7, 11) is 0. The minimum atomic E-state index is -0.894. The molecule has 8 heteroatoms. The Morgan fingerprint density at radius 3 is 2.67 bits per heavy atom. The molecule has 6 nitrogen and oxygen atoms in total. The molecule has 0 aliphatic carbocycles. The molecule has 1 aromatic carbocycles. The maximum absolute atomic E-state index is 12.1. The molecule has 2 heterocycles. The van der Waals surface area contributed by atoms with Crippen molar-refractivity contribution in [2.75, 3.05) is 6.61 Å². The van der Waals surface area contributed by atoms with Crippen molar-refractivity contribution in [3.05, 3.63) is 30.3 Å². The zero-order chi connectivity index (χ0) is 17.5. The number of hydrogen-bond acceptors (Lipinski definition) is 5. The van der Waals surface area contributed by atoms with E-state index in [2.05, 4.69) is 5.32 Å². The van der Waals surface area contributed by atoms with Gasteiger partial charge in [-0.1, -0.05) is 30.4 Å². The molecule has 24 heavy (non-hydrogen) atoms. The van der Waals surface area contributed by atoms with Crippen LogP contribution in [-0.2, 0) is 9.59 Å². The van der Waals surface area contributed by atoms with Gasteiger partial charge in [-0.3, -0.25) is 4.79 Å². The van der Waals surface area contributed by atoms with E-state index in [0.717, 1.165) is 0 Å². The van der Waals surface area contributed by atoms with Gasteiger partial charge in [-0.2, -0.15) is 0 Å². The Bertz CT molecular complexity index is 680. The van der Waals surface area contributed by atoms with Crippen LogP contribution in [0, 0.1) is 0 Å². The largest absolute Gasteiger partial charge is 0.484 e. The van der Waals surface area contributed by atoms with Crippen LogP contribution in [0.15, 0.2) is 30.3 Å². The van der Waals surface area contributed by atoms with E-state index in [1.54, 1.807) is 17.0 Å². The van der Waals surface area contributed by atoms with Crippen molar-refractivity contribution < 1.29 is 19.4 Å². The number of carbonyl (C=O) groups is 2. The zero-order valence-corrected chi connectivity index (χ0v) is 14.9. The standard InChI is InChI=1S/C16H18N2O4S2/c1-16(2)12(15(20)21)18-13(23)11(14(18)24-16)17-10(19)8-22-9-6-4-3-5-7-9/h3-7,11-12,14H,8H2,1-2H3,(H,17,19)(H,20,21). The van der Waals surface area contributed by atoms with Gasteiger partial charge in [-0.05, 0) is 26.0 Å². The highest BCUT2D eigenvalue weighted by Gasteiger charge is 2.62. The van der Waals surface area contributed by atoms with Crippen molar-refractivity contribution in [2.24, 2.45) is 0 Å². The third-order valence-corrected chi connectivity index (χ3v) is 6.14. The van der Waals surface area contributed by atoms with Crippen LogP contribution >= 0.6 is 24.0 Å². The van der Waals surface area contributed by atoms with E-state index in [0.29, 0.717) is 10.7 Å². The third kappa shape index (κ3) is 2.95. The molecule has 0 saturated carbocycles. The molecule has 3 rings (SSSR count). The van der Waals surface area contributed by atoms with E-state index in [1.165, 1.54) is 11.8 Å². The zero-order valence-electron chi connectivity index (χ0n) is 13.3. The first kappa shape index (κ1) is 17.0. The molecule has 1 amide bonds. The predicted octanol–water partition coefficient (Wildman–Crippen LogP) is 1.50. The number of para-hydroxylation sites is 1. The highest BCUT2D eigenvalue weighted by atomic mass is 32.2. The molecule has 128 valence electrons. The first-order valence-electron chi connectivity index (χ1n) is 7.51. The van der Waals surface area contributed by atoms with Crippen LogP contribution in [0.25, 0.3) is 0 Å². The number of hydrogen-bond donors (Lipinski definition) is 2. The highest BCUT2D eigenvalue weighted by molar-refractivity contribution is 8.02. The Kier molecular flexibility index (Phi) is 4.44. The van der Waals surface area contributed by atoms with Crippen LogP contribution in [0.2, 0.25) is 0 Å². The van der Waals surface area contributed by atoms with E-state index in [9.17, 15) is 14.7 Å². The molecule has 2 aliphatic heterocycles. The quantitative estimate of drug-likeness (QED) is 0.765. The summed E-state index contributed by atoms with van der Waals surface area (Å²) in [5.41, 5.74) is 0. The number of nitrogens with zero attached hydrogens (tertiary/aromatic N) is 1. The Labute approximate surface area is 149 Å². The average Bonchev–Trinajstić information content (AvgIpc) is 2.80. The number of aliphatic carboxylic acids is 1. The number of carboxylic acids is 1. The number of nitrogens with one attached hydrogen (secondary N) is 1. The summed E-state index contributed by atoms with van der Waals surface area (Å²) in [5.74, 6) is -0.551. The smallest absolute Gasteiger partial charge is 0.327 e. The van der Waals surface area contributed by atoms with Crippen LogP contribution in [0.4, 0.5) is 0 Å². The van der Waals surface area contributed by atoms with Crippen LogP contribution < -0.4 is 10.1 Å². The van der Waals surface area contributed by atoms with Crippen molar-refractivity contribution in [3.63, 3.8) is 0 Å². The summed E-state index contributed by atoms with van der Waals surface area (Å²) >= 11 is 6.86. The van der Waals surface area contributed by atoms with Crippen LogP contribution in [0.3, 0.4) is 0 Å². The summed E-state index contributed by atoms with van der Waals surface area (Å²) in [6.07, 6.45) is 0. The van der Waals surface area contributed by atoms with Crippen molar-refractivity contribution in [3.8, 4) is 5.75 Å². The van der Waals surface area contributed by atoms with Crippen LogP contribution in [0.5, 0.6) is 5.75 Å². The van der Waals surface area contributed by atoms with Gasteiger partial charge in [0, 0.05) is 4.75 Å². The first-order chi connectivity index (χ1) is 11.3. The third-order valence-electron chi connectivity index (χ3n) is 4.10. The fourth-order valence-corrected chi connectivity index (χ4v) is 5.23. The predicted molar refractivity (Wildman–Crippen MR) is 95.2 cm³/mol. The normalized spacial score (nSPS) is 27.2. The van der Waals surface area contributed by atoms with Gasteiger partial charge in [0.2, 0.25) is 0 Å². The lowest BCUT2D eigenvalue weighted by Crippen LogP contribution is -2.70. The van der Waals surface area contributed by atoms with Gasteiger partial charge in [0.25, 0.3) is 5.91 Å². The molecule has 0 radical (unpaired) electrons. The number of carboxylic acid groups (broad SMARTS) is 1. The van der Waals surface area contributed by atoms with E-state index in [4.69, 9.17) is 17.0 Å². The number of rotatable bonds is 5. The van der Waals surface area contributed by atoms with Crippen LogP contribution in [-0.4, -0.2) is 55.7 Å². The summed E-state index contributed by atoms with van der Waals surface area (Å²) in [4.78, 5) is 25.8. The average molecular weight is 366 g/mol. The lowest BCUT2D eigenvalue weighted by atomic mass is 9.96. The molecule has 2 aliphatic rings. The topological polar surface area (TPSA) is 78.9 Å². The molecule has 3 unspecified atom stereocenters. The van der Waals surface area contributed by atoms with Crippen molar-refractivity contribution in [1.29, 1.82) is 0 Å². The molecule has 2 saturated heterocycles. The summed E-state index contributed by atoms with van der Waals surface area (Å²) in [6.45, 7) is 3.66. The van der Waals surface area contributed by atoms with Gasteiger partial charge >= 0.3 is 5.97 Å². The Balaban J connectivity index is 1.59. The Morgan fingerprint density at radius 1 is 1.38 bits per heavy atom. The van der Waals surface area contributed by atoms with Crippen molar-refractivity contribution in [2.45, 2.75) is 36.1 Å². The molecule has 0 aromatic heterocycles. The van der Waals surface area contributed by atoms with Gasteiger partial charge in [-0.15, -0.1) is 11.8 Å². The van der Waals surface area contributed by atoms with Crippen molar-refractivity contribution >= 4 is 40.8 Å². The molecule has 0 spiro atoms. The second-order valence-electron chi connectivity index (χ2n) is 6.25. The van der Waals surface area contributed by atoms with E-state index in [1.807, 2.05) is 32.0 Å². The Hall–Kier alpha value is -1.80. The monoisotopic (exact) mass is 366 g/mol. The molecule has 2 N–H and O–H groups in total. The van der Waals surface area contributed by atoms with Gasteiger partial charge < -0.3 is 20.1 Å². The molecule has 2 fully saturated rings. The maximum Gasteiger partial charge on any atom is 0.327 e. The number of ether oxygens (including phenoxy) is 1. The van der Waals surface area contributed by atoms with Crippen molar-refractivity contribution in [1.82, 2.24) is 10.2 Å². The first-order valence-corrected chi connectivity index (χ1v) is 8.80. The minimum absolute atomic E-state index is 0.105. The summed E-state index contributed by atoms with van der Waals surface area (Å²) in [6, 6.07) is 8.07. The fourth-order valence-electron chi connectivity index (χ4n) is 3.03. The lowest BCUT2D eigenvalue weighted by Gasteiger charge is -2.46. The number of thiocarbonyl (C=S) groups is 1. The van der Waals surface area contributed by atoms with Gasteiger partial charge in [0.15, 0.2) is 6.61 Å². The number of fused-ring (bicyclic) bond motifs is 1. The molecule has 3 atom stereocenters. The lowest BCUT2D eigenvalue weighted by molar-refractivity contribution is -0.142. The molecular formula is C16H18N2O4S2. The minimum Gasteiger partial charge on any atom is -0.484 e.